The Labute approximate surface area is 136 Å². The summed E-state index contributed by atoms with van der Waals surface area (Å²) >= 11 is 2.37. The fourth-order valence-corrected chi connectivity index (χ4v) is 3.50. The summed E-state index contributed by atoms with van der Waals surface area (Å²) in [6.07, 6.45) is 0.861. The minimum atomic E-state index is 0.737. The van der Waals surface area contributed by atoms with Gasteiger partial charge in [-0.3, -0.25) is 4.99 Å². The van der Waals surface area contributed by atoms with Crippen molar-refractivity contribution < 1.29 is 4.74 Å². The lowest BCUT2D eigenvalue weighted by Gasteiger charge is -2.07. The summed E-state index contributed by atoms with van der Waals surface area (Å²) in [6, 6.07) is 15.3. The second-order valence-electron chi connectivity index (χ2n) is 5.20. The number of aliphatic imine (C=N–C) groups is 1. The molecule has 2 heterocycles. The zero-order chi connectivity index (χ0) is 14.2. The molecule has 0 radical (unpaired) electrons. The summed E-state index contributed by atoms with van der Waals surface area (Å²) in [5, 5.41) is 2.65. The van der Waals surface area contributed by atoms with Crippen molar-refractivity contribution in [3.8, 4) is 0 Å². The minimum absolute atomic E-state index is 0.737. The van der Waals surface area contributed by atoms with Crippen LogP contribution in [0.2, 0.25) is 0 Å². The number of para-hydroxylation sites is 1. The van der Waals surface area contributed by atoms with Crippen LogP contribution < -0.4 is 0 Å². The molecule has 0 bridgehead atoms. The van der Waals surface area contributed by atoms with Crippen molar-refractivity contribution in [2.75, 3.05) is 13.2 Å². The maximum atomic E-state index is 5.53. The number of hydrogen-bond acceptors (Lipinski definition) is 2. The van der Waals surface area contributed by atoms with Crippen LogP contribution in [0.3, 0.4) is 0 Å². The highest BCUT2D eigenvalue weighted by Crippen LogP contribution is 2.30. The van der Waals surface area contributed by atoms with Crippen LogP contribution in [-0.2, 0) is 11.3 Å². The predicted octanol–water partition coefficient (Wildman–Crippen LogP) is 4.22. The molecule has 1 aliphatic heterocycles. The molecule has 0 atom stereocenters. The molecule has 0 amide bonds. The number of aromatic nitrogens is 1. The van der Waals surface area contributed by atoms with E-state index in [2.05, 4.69) is 74.6 Å². The minimum Gasteiger partial charge on any atom is -0.479 e. The summed E-state index contributed by atoms with van der Waals surface area (Å²) in [7, 11) is 0. The van der Waals surface area contributed by atoms with Gasteiger partial charge in [0.25, 0.3) is 0 Å². The highest BCUT2D eigenvalue weighted by atomic mass is 127. The van der Waals surface area contributed by atoms with E-state index >= 15 is 0 Å². The number of nitrogens with zero attached hydrogens (tertiary/aromatic N) is 2. The summed E-state index contributed by atoms with van der Waals surface area (Å²) in [4.78, 5) is 4.39. The monoisotopic (exact) mass is 390 g/mol. The number of ether oxygens (including phenoxy) is 1. The summed E-state index contributed by atoms with van der Waals surface area (Å²) in [5.41, 5.74) is 2.57. The van der Waals surface area contributed by atoms with E-state index in [4.69, 9.17) is 4.74 Å². The zero-order valence-corrected chi connectivity index (χ0v) is 13.7. The standard InChI is InChI=1S/C17H15IN2O/c18-12-5-6-16-14(11-12)13-3-1-2-4-15(13)20(16)9-7-17-19-8-10-21-17/h1-6,11H,7-10H2. The van der Waals surface area contributed by atoms with Crippen molar-refractivity contribution in [2.24, 2.45) is 4.99 Å². The number of benzene rings is 2. The SMILES string of the molecule is Ic1ccc2c(c1)c1ccccc1n2CCC1=NCCO1. The van der Waals surface area contributed by atoms with Crippen LogP contribution in [0.4, 0.5) is 0 Å². The second kappa shape index (κ2) is 5.33. The Balaban J connectivity index is 1.84. The number of halogens is 1. The molecule has 2 aromatic carbocycles. The third-order valence-electron chi connectivity index (χ3n) is 3.93. The Morgan fingerprint density at radius 3 is 2.81 bits per heavy atom. The third-order valence-corrected chi connectivity index (χ3v) is 4.60. The number of rotatable bonds is 3. The van der Waals surface area contributed by atoms with Crippen molar-refractivity contribution in [1.82, 2.24) is 4.57 Å². The third kappa shape index (κ3) is 2.31. The van der Waals surface area contributed by atoms with E-state index < -0.39 is 0 Å². The lowest BCUT2D eigenvalue weighted by Crippen LogP contribution is -2.05. The molecule has 0 fully saturated rings. The molecule has 0 aliphatic carbocycles. The van der Waals surface area contributed by atoms with Gasteiger partial charge in [0.1, 0.15) is 6.61 Å². The van der Waals surface area contributed by atoms with E-state index in [9.17, 15) is 0 Å². The number of hydrogen-bond donors (Lipinski definition) is 0. The van der Waals surface area contributed by atoms with Gasteiger partial charge in [0, 0.05) is 38.3 Å². The summed E-state index contributed by atoms with van der Waals surface area (Å²) in [6.45, 7) is 2.45. The molecular formula is C17H15IN2O. The average molecular weight is 390 g/mol. The second-order valence-corrected chi connectivity index (χ2v) is 6.45. The predicted molar refractivity (Wildman–Crippen MR) is 95.0 cm³/mol. The van der Waals surface area contributed by atoms with Gasteiger partial charge in [-0.15, -0.1) is 0 Å². The molecule has 0 spiro atoms. The van der Waals surface area contributed by atoms with Crippen molar-refractivity contribution >= 4 is 50.3 Å². The van der Waals surface area contributed by atoms with Gasteiger partial charge >= 0.3 is 0 Å². The number of aryl methyl sites for hydroxylation is 1. The molecule has 0 saturated carbocycles. The van der Waals surface area contributed by atoms with E-state index in [-0.39, 0.29) is 0 Å². The van der Waals surface area contributed by atoms with E-state index in [1.807, 2.05) is 0 Å². The van der Waals surface area contributed by atoms with Gasteiger partial charge in [0.2, 0.25) is 0 Å². The molecule has 0 unspecified atom stereocenters. The Morgan fingerprint density at radius 1 is 1.10 bits per heavy atom. The van der Waals surface area contributed by atoms with Crippen LogP contribution >= 0.6 is 22.6 Å². The van der Waals surface area contributed by atoms with Crippen molar-refractivity contribution in [1.29, 1.82) is 0 Å². The van der Waals surface area contributed by atoms with Crippen LogP contribution in [-0.4, -0.2) is 23.6 Å². The van der Waals surface area contributed by atoms with Gasteiger partial charge in [-0.05, 0) is 46.9 Å². The first kappa shape index (κ1) is 13.1. The maximum Gasteiger partial charge on any atom is 0.185 e. The lowest BCUT2D eigenvalue weighted by atomic mass is 10.2. The first-order valence-electron chi connectivity index (χ1n) is 7.15. The van der Waals surface area contributed by atoms with Crippen LogP contribution in [0.1, 0.15) is 6.42 Å². The van der Waals surface area contributed by atoms with Crippen LogP contribution in [0.5, 0.6) is 0 Å². The molecule has 0 N–H and O–H groups in total. The molecule has 3 aromatic rings. The first-order valence-corrected chi connectivity index (χ1v) is 8.23. The number of fused-ring (bicyclic) bond motifs is 3. The molecule has 1 aliphatic rings. The molecule has 106 valence electrons. The molecule has 0 saturated heterocycles. The Kier molecular flexibility index (Phi) is 3.33. The highest BCUT2D eigenvalue weighted by Gasteiger charge is 2.13. The quantitative estimate of drug-likeness (QED) is 0.616. The Morgan fingerprint density at radius 2 is 1.95 bits per heavy atom. The van der Waals surface area contributed by atoms with Gasteiger partial charge in [0.15, 0.2) is 5.90 Å². The van der Waals surface area contributed by atoms with E-state index in [0.29, 0.717) is 0 Å². The lowest BCUT2D eigenvalue weighted by molar-refractivity contribution is 0.336. The zero-order valence-electron chi connectivity index (χ0n) is 11.6. The molecule has 3 nitrogen and oxygen atoms in total. The Hall–Kier alpha value is -1.56. The van der Waals surface area contributed by atoms with E-state index in [1.165, 1.54) is 25.4 Å². The molecule has 4 rings (SSSR count). The maximum absolute atomic E-state index is 5.53. The summed E-state index contributed by atoms with van der Waals surface area (Å²) in [5.74, 6) is 0.895. The van der Waals surface area contributed by atoms with Gasteiger partial charge in [-0.25, -0.2) is 0 Å². The first-order chi connectivity index (χ1) is 10.3. The topological polar surface area (TPSA) is 26.5 Å². The van der Waals surface area contributed by atoms with Gasteiger partial charge in [-0.2, -0.15) is 0 Å². The molecular weight excluding hydrogens is 375 g/mol. The summed E-state index contributed by atoms with van der Waals surface area (Å²) < 4.78 is 9.18. The smallest absolute Gasteiger partial charge is 0.185 e. The van der Waals surface area contributed by atoms with Crippen molar-refractivity contribution in [2.45, 2.75) is 13.0 Å². The van der Waals surface area contributed by atoms with Crippen LogP contribution in [0.15, 0.2) is 47.5 Å². The fourth-order valence-electron chi connectivity index (χ4n) is 3.00. The largest absolute Gasteiger partial charge is 0.479 e. The molecule has 1 aromatic heterocycles. The highest BCUT2D eigenvalue weighted by molar-refractivity contribution is 14.1. The molecule has 21 heavy (non-hydrogen) atoms. The van der Waals surface area contributed by atoms with Crippen LogP contribution in [0.25, 0.3) is 21.8 Å². The van der Waals surface area contributed by atoms with E-state index in [1.54, 1.807) is 0 Å². The Bertz CT molecular complexity index is 850. The van der Waals surface area contributed by atoms with Gasteiger partial charge in [0.05, 0.1) is 6.54 Å². The normalized spacial score (nSPS) is 14.6. The fraction of sp³-hybridized carbons (Fsp3) is 0.235. The van der Waals surface area contributed by atoms with Gasteiger partial charge in [-0.1, -0.05) is 18.2 Å². The molecule has 4 heteroatoms. The van der Waals surface area contributed by atoms with Crippen LogP contribution in [0, 0.1) is 3.57 Å². The van der Waals surface area contributed by atoms with Crippen molar-refractivity contribution in [3.63, 3.8) is 0 Å². The van der Waals surface area contributed by atoms with Gasteiger partial charge < -0.3 is 9.30 Å². The van der Waals surface area contributed by atoms with Crippen molar-refractivity contribution in [3.05, 3.63) is 46.0 Å². The average Bonchev–Trinajstić information content (AvgIpc) is 3.11. The van der Waals surface area contributed by atoms with E-state index in [0.717, 1.165) is 32.0 Å².